The molecule has 0 unspecified atom stereocenters. The topological polar surface area (TPSA) is 76.7 Å². The van der Waals surface area contributed by atoms with Gasteiger partial charge in [-0.25, -0.2) is 9.97 Å². The molecule has 2 aromatic rings. The first-order valence-corrected chi connectivity index (χ1v) is 4.59. The Labute approximate surface area is 86.8 Å². The molecular formula is C9H11N5O. The maximum atomic E-state index is 4.84. The van der Waals surface area contributed by atoms with E-state index in [-0.39, 0.29) is 0 Å². The van der Waals surface area contributed by atoms with Crippen LogP contribution in [0.2, 0.25) is 0 Å². The Kier molecular flexibility index (Phi) is 2.99. The van der Waals surface area contributed by atoms with Gasteiger partial charge in [-0.2, -0.15) is 4.98 Å². The molecule has 2 rings (SSSR count). The summed E-state index contributed by atoms with van der Waals surface area (Å²) in [5.41, 5.74) is 0.935. The Hall–Kier alpha value is -1.82. The molecule has 0 spiro atoms. The van der Waals surface area contributed by atoms with E-state index in [4.69, 9.17) is 4.52 Å². The average Bonchev–Trinajstić information content (AvgIpc) is 2.66. The first-order valence-electron chi connectivity index (χ1n) is 4.59. The smallest absolute Gasteiger partial charge is 0.223 e. The maximum Gasteiger partial charge on any atom is 0.223 e. The highest BCUT2D eigenvalue weighted by Gasteiger charge is 2.01. The highest BCUT2D eigenvalue weighted by atomic mass is 16.5. The van der Waals surface area contributed by atoms with Crippen molar-refractivity contribution in [2.45, 2.75) is 20.0 Å². The van der Waals surface area contributed by atoms with Crippen LogP contribution in [-0.2, 0) is 13.1 Å². The molecule has 2 aromatic heterocycles. The van der Waals surface area contributed by atoms with Crippen molar-refractivity contribution in [3.63, 3.8) is 0 Å². The third-order valence-corrected chi connectivity index (χ3v) is 1.80. The molecule has 6 nitrogen and oxygen atoms in total. The summed E-state index contributed by atoms with van der Waals surface area (Å²) >= 11 is 0. The standard InChI is InChI=1S/C9H11N5O/c1-7-13-9(14-15-7)5-11-4-8-2-3-10-6-12-8/h2-3,6,11H,4-5H2,1H3. The predicted molar refractivity (Wildman–Crippen MR) is 51.6 cm³/mol. The van der Waals surface area contributed by atoms with E-state index < -0.39 is 0 Å². The summed E-state index contributed by atoms with van der Waals surface area (Å²) in [6, 6.07) is 1.86. The second-order valence-corrected chi connectivity index (χ2v) is 3.03. The highest BCUT2D eigenvalue weighted by molar-refractivity contribution is 4.97. The summed E-state index contributed by atoms with van der Waals surface area (Å²) in [6.45, 7) is 3.00. The zero-order valence-electron chi connectivity index (χ0n) is 8.34. The molecule has 6 heteroatoms. The molecule has 0 saturated carbocycles. The van der Waals surface area contributed by atoms with Gasteiger partial charge in [0.25, 0.3) is 0 Å². The third kappa shape index (κ3) is 2.81. The van der Waals surface area contributed by atoms with Gasteiger partial charge in [-0.15, -0.1) is 0 Å². The van der Waals surface area contributed by atoms with Gasteiger partial charge in [0, 0.05) is 19.7 Å². The van der Waals surface area contributed by atoms with Crippen LogP contribution in [0, 0.1) is 6.92 Å². The van der Waals surface area contributed by atoms with Crippen molar-refractivity contribution < 1.29 is 4.52 Å². The van der Waals surface area contributed by atoms with Crippen LogP contribution in [0.25, 0.3) is 0 Å². The fraction of sp³-hybridized carbons (Fsp3) is 0.333. The molecule has 0 radical (unpaired) electrons. The summed E-state index contributed by atoms with van der Waals surface area (Å²) in [5, 5.41) is 6.92. The molecule has 0 fully saturated rings. The van der Waals surface area contributed by atoms with E-state index in [1.54, 1.807) is 13.1 Å². The van der Waals surface area contributed by atoms with Gasteiger partial charge in [-0.1, -0.05) is 5.16 Å². The van der Waals surface area contributed by atoms with Crippen molar-refractivity contribution in [2.24, 2.45) is 0 Å². The summed E-state index contributed by atoms with van der Waals surface area (Å²) in [6.07, 6.45) is 3.23. The normalized spacial score (nSPS) is 10.5. The van der Waals surface area contributed by atoms with E-state index in [0.717, 1.165) is 5.69 Å². The van der Waals surface area contributed by atoms with Gasteiger partial charge in [0.15, 0.2) is 5.82 Å². The largest absolute Gasteiger partial charge is 0.340 e. The van der Waals surface area contributed by atoms with Crippen LogP contribution in [0.4, 0.5) is 0 Å². The minimum Gasteiger partial charge on any atom is -0.340 e. The first kappa shape index (κ1) is 9.72. The van der Waals surface area contributed by atoms with Crippen LogP contribution in [0.3, 0.4) is 0 Å². The van der Waals surface area contributed by atoms with Crippen molar-refractivity contribution in [3.8, 4) is 0 Å². The van der Waals surface area contributed by atoms with E-state index in [0.29, 0.717) is 24.8 Å². The first-order chi connectivity index (χ1) is 7.34. The Balaban J connectivity index is 1.80. The molecule has 0 aliphatic heterocycles. The Morgan fingerprint density at radius 3 is 3.00 bits per heavy atom. The lowest BCUT2D eigenvalue weighted by molar-refractivity contribution is 0.385. The lowest BCUT2D eigenvalue weighted by Gasteiger charge is -1.99. The van der Waals surface area contributed by atoms with E-state index in [9.17, 15) is 0 Å². The van der Waals surface area contributed by atoms with Crippen LogP contribution in [-0.4, -0.2) is 20.1 Å². The molecule has 0 bridgehead atoms. The zero-order valence-corrected chi connectivity index (χ0v) is 8.34. The lowest BCUT2D eigenvalue weighted by Crippen LogP contribution is -2.14. The molecule has 0 atom stereocenters. The highest BCUT2D eigenvalue weighted by Crippen LogP contribution is 1.95. The van der Waals surface area contributed by atoms with Crippen molar-refractivity contribution in [2.75, 3.05) is 0 Å². The van der Waals surface area contributed by atoms with Gasteiger partial charge in [-0.3, -0.25) is 0 Å². The SMILES string of the molecule is Cc1nc(CNCc2ccncn2)no1. The summed E-state index contributed by atoms with van der Waals surface area (Å²) in [7, 11) is 0. The van der Waals surface area contributed by atoms with Crippen molar-refractivity contribution in [3.05, 3.63) is 36.0 Å². The van der Waals surface area contributed by atoms with Crippen molar-refractivity contribution in [1.29, 1.82) is 0 Å². The fourth-order valence-corrected chi connectivity index (χ4v) is 1.14. The van der Waals surface area contributed by atoms with Crippen molar-refractivity contribution >= 4 is 0 Å². The van der Waals surface area contributed by atoms with Gasteiger partial charge >= 0.3 is 0 Å². The Morgan fingerprint density at radius 2 is 2.33 bits per heavy atom. The number of rotatable bonds is 4. The number of aromatic nitrogens is 4. The molecule has 2 heterocycles. The molecule has 1 N–H and O–H groups in total. The van der Waals surface area contributed by atoms with Gasteiger partial charge in [0.05, 0.1) is 12.2 Å². The third-order valence-electron chi connectivity index (χ3n) is 1.80. The molecule has 0 amide bonds. The second kappa shape index (κ2) is 4.61. The molecule has 0 aliphatic rings. The van der Waals surface area contributed by atoms with Gasteiger partial charge in [0.2, 0.25) is 5.89 Å². The quantitative estimate of drug-likeness (QED) is 0.781. The lowest BCUT2D eigenvalue weighted by atomic mass is 10.4. The van der Waals surface area contributed by atoms with E-state index in [1.807, 2.05) is 6.07 Å². The number of aryl methyl sites for hydroxylation is 1. The van der Waals surface area contributed by atoms with Crippen LogP contribution in [0.1, 0.15) is 17.4 Å². The molecule has 0 aromatic carbocycles. The second-order valence-electron chi connectivity index (χ2n) is 3.03. The summed E-state index contributed by atoms with van der Waals surface area (Å²) in [5.74, 6) is 1.23. The van der Waals surface area contributed by atoms with Crippen molar-refractivity contribution in [1.82, 2.24) is 25.4 Å². The minimum absolute atomic E-state index is 0.571. The zero-order chi connectivity index (χ0) is 10.5. The molecule has 78 valence electrons. The number of nitrogens with zero attached hydrogens (tertiary/aromatic N) is 4. The molecule has 0 saturated heterocycles. The van der Waals surface area contributed by atoms with E-state index >= 15 is 0 Å². The molecule has 15 heavy (non-hydrogen) atoms. The van der Waals surface area contributed by atoms with Crippen LogP contribution in [0.5, 0.6) is 0 Å². The number of nitrogens with one attached hydrogen (secondary N) is 1. The Bertz CT molecular complexity index is 413. The molecule has 0 aliphatic carbocycles. The van der Waals surface area contributed by atoms with Gasteiger partial charge in [0.1, 0.15) is 6.33 Å². The summed E-state index contributed by atoms with van der Waals surface area (Å²) < 4.78 is 4.84. The Morgan fingerprint density at radius 1 is 1.40 bits per heavy atom. The fourth-order valence-electron chi connectivity index (χ4n) is 1.14. The van der Waals surface area contributed by atoms with Crippen LogP contribution < -0.4 is 5.32 Å². The van der Waals surface area contributed by atoms with Gasteiger partial charge in [-0.05, 0) is 6.07 Å². The van der Waals surface area contributed by atoms with E-state index in [1.165, 1.54) is 6.33 Å². The monoisotopic (exact) mass is 205 g/mol. The maximum absolute atomic E-state index is 4.84. The average molecular weight is 205 g/mol. The minimum atomic E-state index is 0.571. The molecular weight excluding hydrogens is 194 g/mol. The van der Waals surface area contributed by atoms with Crippen LogP contribution in [0.15, 0.2) is 23.1 Å². The number of hydrogen-bond donors (Lipinski definition) is 1. The van der Waals surface area contributed by atoms with Gasteiger partial charge < -0.3 is 9.84 Å². The van der Waals surface area contributed by atoms with Crippen LogP contribution >= 0.6 is 0 Å². The number of hydrogen-bond acceptors (Lipinski definition) is 6. The summed E-state index contributed by atoms with van der Waals surface area (Å²) in [4.78, 5) is 12.0. The predicted octanol–water partition coefficient (Wildman–Crippen LogP) is 0.458. The van der Waals surface area contributed by atoms with E-state index in [2.05, 4.69) is 25.4 Å².